The Morgan fingerprint density at radius 2 is 1.94 bits per heavy atom. The second-order valence-corrected chi connectivity index (χ2v) is 5.41. The number of fused-ring (bicyclic) bond motifs is 1. The highest BCUT2D eigenvalue weighted by Gasteiger charge is 2.20. The monoisotopic (exact) mass is 246 g/mol. The third kappa shape index (κ3) is 2.44. The van der Waals surface area contributed by atoms with E-state index in [0.717, 1.165) is 10.1 Å². The standard InChI is InChI=1S/C14H14O2S/c1-9(2)7-12(15)14(16)11-8-17-13-6-4-3-5-10(11)13/h3-6,8-9H,7H2,1-2H3. The van der Waals surface area contributed by atoms with Gasteiger partial charge in [0.05, 0.1) is 0 Å². The maximum Gasteiger partial charge on any atom is 0.230 e. The number of Topliss-reactive ketones (excluding diaryl/α,β-unsaturated/α-hetero) is 2. The van der Waals surface area contributed by atoms with Gasteiger partial charge in [-0.25, -0.2) is 0 Å². The fourth-order valence-corrected chi connectivity index (χ4v) is 2.71. The van der Waals surface area contributed by atoms with Gasteiger partial charge in [-0.2, -0.15) is 0 Å². The van der Waals surface area contributed by atoms with Crippen LogP contribution in [0, 0.1) is 5.92 Å². The number of carbonyl (C=O) groups excluding carboxylic acids is 2. The summed E-state index contributed by atoms with van der Waals surface area (Å²) in [4.78, 5) is 23.8. The van der Waals surface area contributed by atoms with Crippen molar-refractivity contribution >= 4 is 33.0 Å². The largest absolute Gasteiger partial charge is 0.290 e. The molecule has 0 amide bonds. The molecular formula is C14H14O2S. The minimum atomic E-state index is -0.351. The zero-order chi connectivity index (χ0) is 12.4. The molecule has 0 atom stereocenters. The Hall–Kier alpha value is -1.48. The Morgan fingerprint density at radius 1 is 1.24 bits per heavy atom. The number of hydrogen-bond donors (Lipinski definition) is 0. The number of thiophene rings is 1. The summed E-state index contributed by atoms with van der Waals surface area (Å²) in [5.74, 6) is -0.420. The van der Waals surface area contributed by atoms with Gasteiger partial charge in [0.15, 0.2) is 0 Å². The van der Waals surface area contributed by atoms with Gasteiger partial charge in [0.1, 0.15) is 0 Å². The fourth-order valence-electron chi connectivity index (χ4n) is 1.77. The van der Waals surface area contributed by atoms with Gasteiger partial charge in [-0.1, -0.05) is 32.0 Å². The molecule has 1 heterocycles. The van der Waals surface area contributed by atoms with Crippen LogP contribution in [0.15, 0.2) is 29.6 Å². The van der Waals surface area contributed by atoms with E-state index in [2.05, 4.69) is 0 Å². The van der Waals surface area contributed by atoms with Crippen molar-refractivity contribution < 1.29 is 9.59 Å². The van der Waals surface area contributed by atoms with Crippen LogP contribution in [0.2, 0.25) is 0 Å². The van der Waals surface area contributed by atoms with Gasteiger partial charge in [0, 0.05) is 27.5 Å². The molecule has 2 nitrogen and oxygen atoms in total. The summed E-state index contributed by atoms with van der Waals surface area (Å²) in [6.45, 7) is 3.88. The normalized spacial score (nSPS) is 11.0. The molecule has 0 N–H and O–H groups in total. The molecule has 0 aliphatic rings. The van der Waals surface area contributed by atoms with E-state index >= 15 is 0 Å². The van der Waals surface area contributed by atoms with Crippen molar-refractivity contribution in [3.05, 3.63) is 35.2 Å². The first-order valence-electron chi connectivity index (χ1n) is 5.63. The molecule has 0 radical (unpaired) electrons. The lowest BCUT2D eigenvalue weighted by atomic mass is 10.00. The van der Waals surface area contributed by atoms with Crippen molar-refractivity contribution in [1.82, 2.24) is 0 Å². The van der Waals surface area contributed by atoms with Gasteiger partial charge < -0.3 is 0 Å². The maximum absolute atomic E-state index is 12.0. The zero-order valence-corrected chi connectivity index (χ0v) is 10.7. The van der Waals surface area contributed by atoms with Crippen LogP contribution in [0.25, 0.3) is 10.1 Å². The van der Waals surface area contributed by atoms with E-state index < -0.39 is 0 Å². The molecule has 17 heavy (non-hydrogen) atoms. The third-order valence-corrected chi connectivity index (χ3v) is 3.54. The van der Waals surface area contributed by atoms with Gasteiger partial charge in [-0.3, -0.25) is 9.59 Å². The lowest BCUT2D eigenvalue weighted by Crippen LogP contribution is -2.15. The summed E-state index contributed by atoms with van der Waals surface area (Å²) in [7, 11) is 0. The maximum atomic E-state index is 12.0. The van der Waals surface area contributed by atoms with Gasteiger partial charge in [-0.05, 0) is 12.0 Å². The molecule has 1 aromatic carbocycles. The van der Waals surface area contributed by atoms with Crippen LogP contribution in [-0.2, 0) is 4.79 Å². The molecule has 0 bridgehead atoms. The molecular weight excluding hydrogens is 232 g/mol. The van der Waals surface area contributed by atoms with Gasteiger partial charge in [0.25, 0.3) is 0 Å². The quantitative estimate of drug-likeness (QED) is 0.609. The molecule has 0 fully saturated rings. The van der Waals surface area contributed by atoms with E-state index in [-0.39, 0.29) is 17.5 Å². The predicted molar refractivity (Wildman–Crippen MR) is 70.6 cm³/mol. The fraction of sp³-hybridized carbons (Fsp3) is 0.286. The highest BCUT2D eigenvalue weighted by atomic mass is 32.1. The Balaban J connectivity index is 2.34. The minimum Gasteiger partial charge on any atom is -0.290 e. The molecule has 0 saturated heterocycles. The van der Waals surface area contributed by atoms with E-state index in [1.807, 2.05) is 38.1 Å². The van der Waals surface area contributed by atoms with E-state index in [9.17, 15) is 9.59 Å². The summed E-state index contributed by atoms with van der Waals surface area (Å²) < 4.78 is 1.05. The van der Waals surface area contributed by atoms with Crippen LogP contribution in [-0.4, -0.2) is 11.6 Å². The molecule has 0 aliphatic carbocycles. The van der Waals surface area contributed by atoms with Crippen LogP contribution >= 0.6 is 11.3 Å². The second kappa shape index (κ2) is 4.80. The number of benzene rings is 1. The molecule has 2 aromatic rings. The van der Waals surface area contributed by atoms with E-state index in [1.165, 1.54) is 11.3 Å². The summed E-state index contributed by atoms with van der Waals surface area (Å²) in [5, 5.41) is 2.67. The summed E-state index contributed by atoms with van der Waals surface area (Å²) in [6.07, 6.45) is 0.322. The van der Waals surface area contributed by atoms with E-state index in [0.29, 0.717) is 12.0 Å². The molecule has 88 valence electrons. The van der Waals surface area contributed by atoms with Crippen LogP contribution in [0.3, 0.4) is 0 Å². The Labute approximate surface area is 104 Å². The number of ketones is 2. The van der Waals surface area contributed by atoms with Crippen molar-refractivity contribution in [2.24, 2.45) is 5.92 Å². The smallest absolute Gasteiger partial charge is 0.230 e. The second-order valence-electron chi connectivity index (χ2n) is 4.50. The Bertz CT molecular complexity index is 566. The number of hydrogen-bond acceptors (Lipinski definition) is 3. The first kappa shape index (κ1) is 12.0. The highest BCUT2D eigenvalue weighted by molar-refractivity contribution is 7.17. The average Bonchev–Trinajstić information content (AvgIpc) is 2.70. The van der Waals surface area contributed by atoms with Crippen LogP contribution in [0.5, 0.6) is 0 Å². The highest BCUT2D eigenvalue weighted by Crippen LogP contribution is 2.26. The lowest BCUT2D eigenvalue weighted by Gasteiger charge is -2.02. The average molecular weight is 246 g/mol. The summed E-state index contributed by atoms with van der Waals surface area (Å²) in [5.41, 5.74) is 0.552. The third-order valence-electron chi connectivity index (χ3n) is 2.57. The Morgan fingerprint density at radius 3 is 2.65 bits per heavy atom. The molecule has 0 unspecified atom stereocenters. The molecule has 2 rings (SSSR count). The van der Waals surface area contributed by atoms with Gasteiger partial charge in [0.2, 0.25) is 11.6 Å². The van der Waals surface area contributed by atoms with E-state index in [1.54, 1.807) is 5.38 Å². The summed E-state index contributed by atoms with van der Waals surface area (Å²) >= 11 is 1.51. The van der Waals surface area contributed by atoms with Crippen LogP contribution in [0.1, 0.15) is 30.6 Å². The SMILES string of the molecule is CC(C)CC(=O)C(=O)c1csc2ccccc12. The number of carbonyl (C=O) groups is 2. The predicted octanol–water partition coefficient (Wildman–Crippen LogP) is 3.70. The van der Waals surface area contributed by atoms with Crippen molar-refractivity contribution in [1.29, 1.82) is 0 Å². The van der Waals surface area contributed by atoms with Crippen LogP contribution < -0.4 is 0 Å². The molecule has 0 saturated carbocycles. The van der Waals surface area contributed by atoms with Crippen LogP contribution in [0.4, 0.5) is 0 Å². The molecule has 0 aliphatic heterocycles. The van der Waals surface area contributed by atoms with Gasteiger partial charge in [-0.15, -0.1) is 11.3 Å². The summed E-state index contributed by atoms with van der Waals surface area (Å²) in [6, 6.07) is 7.67. The van der Waals surface area contributed by atoms with Crippen molar-refractivity contribution in [2.75, 3.05) is 0 Å². The van der Waals surface area contributed by atoms with Crippen molar-refractivity contribution in [3.63, 3.8) is 0 Å². The van der Waals surface area contributed by atoms with Crippen molar-refractivity contribution in [3.8, 4) is 0 Å². The lowest BCUT2D eigenvalue weighted by molar-refractivity contribution is -0.115. The first-order valence-corrected chi connectivity index (χ1v) is 6.51. The first-order chi connectivity index (χ1) is 8.09. The topological polar surface area (TPSA) is 34.1 Å². The molecule has 3 heteroatoms. The minimum absolute atomic E-state index is 0.219. The molecule has 1 aromatic heterocycles. The number of rotatable bonds is 4. The van der Waals surface area contributed by atoms with Gasteiger partial charge >= 0.3 is 0 Å². The zero-order valence-electron chi connectivity index (χ0n) is 9.90. The van der Waals surface area contributed by atoms with Crippen molar-refractivity contribution in [2.45, 2.75) is 20.3 Å². The molecule has 0 spiro atoms. The van der Waals surface area contributed by atoms with E-state index in [4.69, 9.17) is 0 Å². The Kier molecular flexibility index (Phi) is 3.38.